The van der Waals surface area contributed by atoms with Crippen molar-refractivity contribution in [3.63, 3.8) is 0 Å². The summed E-state index contributed by atoms with van der Waals surface area (Å²) in [5.74, 6) is 0. The number of rotatable bonds is 5. The van der Waals surface area contributed by atoms with Crippen LogP contribution in [0.2, 0.25) is 5.02 Å². The van der Waals surface area contributed by atoms with Crippen LogP contribution in [0, 0.1) is 0 Å². The van der Waals surface area contributed by atoms with Crippen LogP contribution >= 0.6 is 11.6 Å². The Kier molecular flexibility index (Phi) is 4.22. The van der Waals surface area contributed by atoms with Crippen LogP contribution < -0.4 is 4.90 Å². The number of fused-ring (bicyclic) bond motifs is 1. The molecule has 3 aromatic rings. The average Bonchev–Trinajstić information content (AvgIpc) is 2.91. The molecular formula is C15H16ClN5O. The molecule has 0 saturated carbocycles. The highest BCUT2D eigenvalue weighted by Crippen LogP contribution is 2.18. The van der Waals surface area contributed by atoms with Crippen LogP contribution in [0.3, 0.4) is 0 Å². The Labute approximate surface area is 133 Å². The first kappa shape index (κ1) is 14.7. The third-order valence-corrected chi connectivity index (χ3v) is 3.62. The molecule has 0 bridgehead atoms. The fourth-order valence-electron chi connectivity index (χ4n) is 2.26. The molecule has 2 aromatic heterocycles. The van der Waals surface area contributed by atoms with Crippen molar-refractivity contribution in [3.05, 3.63) is 47.4 Å². The van der Waals surface area contributed by atoms with Gasteiger partial charge in [-0.25, -0.2) is 14.6 Å². The molecule has 0 aliphatic carbocycles. The van der Waals surface area contributed by atoms with Gasteiger partial charge in [-0.15, -0.1) is 0 Å². The molecule has 22 heavy (non-hydrogen) atoms. The Morgan fingerprint density at radius 3 is 2.73 bits per heavy atom. The van der Waals surface area contributed by atoms with E-state index in [0.29, 0.717) is 18.7 Å². The number of aliphatic hydroxyl groups is 1. The van der Waals surface area contributed by atoms with Crippen molar-refractivity contribution in [2.75, 3.05) is 18.6 Å². The fourth-order valence-corrected chi connectivity index (χ4v) is 2.39. The van der Waals surface area contributed by atoms with E-state index in [9.17, 15) is 0 Å². The van der Waals surface area contributed by atoms with Gasteiger partial charge in [0.25, 0.3) is 0 Å². The summed E-state index contributed by atoms with van der Waals surface area (Å²) in [5, 5.41) is 13.9. The van der Waals surface area contributed by atoms with Crippen molar-refractivity contribution < 1.29 is 5.11 Å². The molecule has 0 spiro atoms. The van der Waals surface area contributed by atoms with E-state index in [4.69, 9.17) is 16.7 Å². The SMILES string of the molecule is CN(Cc1cnc2c(cnn2CCO)n1)c1ccc(Cl)cc1. The minimum Gasteiger partial charge on any atom is -0.394 e. The van der Waals surface area contributed by atoms with Gasteiger partial charge in [-0.05, 0) is 24.3 Å². The van der Waals surface area contributed by atoms with Crippen LogP contribution in [0.15, 0.2) is 36.7 Å². The summed E-state index contributed by atoms with van der Waals surface area (Å²) in [6.45, 7) is 1.08. The van der Waals surface area contributed by atoms with Crippen molar-refractivity contribution in [2.24, 2.45) is 0 Å². The van der Waals surface area contributed by atoms with Crippen LogP contribution in [0.4, 0.5) is 5.69 Å². The highest BCUT2D eigenvalue weighted by molar-refractivity contribution is 6.30. The fraction of sp³-hybridized carbons (Fsp3) is 0.267. The van der Waals surface area contributed by atoms with Gasteiger partial charge in [-0.2, -0.15) is 5.10 Å². The molecule has 7 heteroatoms. The van der Waals surface area contributed by atoms with E-state index in [1.807, 2.05) is 31.3 Å². The van der Waals surface area contributed by atoms with E-state index in [2.05, 4.69) is 20.0 Å². The summed E-state index contributed by atoms with van der Waals surface area (Å²) in [6, 6.07) is 7.66. The number of benzene rings is 1. The average molecular weight is 318 g/mol. The van der Waals surface area contributed by atoms with E-state index in [-0.39, 0.29) is 6.61 Å². The third-order valence-electron chi connectivity index (χ3n) is 3.37. The molecule has 0 aliphatic rings. The number of hydrogen-bond acceptors (Lipinski definition) is 5. The minimum absolute atomic E-state index is 0.0273. The summed E-state index contributed by atoms with van der Waals surface area (Å²) < 4.78 is 1.65. The van der Waals surface area contributed by atoms with Crippen molar-refractivity contribution in [2.45, 2.75) is 13.1 Å². The smallest absolute Gasteiger partial charge is 0.176 e. The summed E-state index contributed by atoms with van der Waals surface area (Å²) >= 11 is 5.90. The minimum atomic E-state index is 0.0273. The molecule has 1 N–H and O–H groups in total. The van der Waals surface area contributed by atoms with E-state index in [1.165, 1.54) is 0 Å². The Hall–Kier alpha value is -2.18. The van der Waals surface area contributed by atoms with E-state index in [0.717, 1.165) is 21.9 Å². The van der Waals surface area contributed by atoms with Crippen LogP contribution in [-0.4, -0.2) is 38.5 Å². The van der Waals surface area contributed by atoms with E-state index >= 15 is 0 Å². The molecule has 0 saturated heterocycles. The standard InChI is InChI=1S/C15H16ClN5O/c1-20(13-4-2-11(16)3-5-13)10-12-8-17-15-14(19-12)9-18-21(15)6-7-22/h2-5,8-9,22H,6-7,10H2,1H3. The van der Waals surface area contributed by atoms with Gasteiger partial charge in [0, 0.05) is 17.8 Å². The molecule has 0 fully saturated rings. The Balaban J connectivity index is 1.80. The van der Waals surface area contributed by atoms with Gasteiger partial charge in [0.2, 0.25) is 0 Å². The lowest BCUT2D eigenvalue weighted by molar-refractivity contribution is 0.271. The Morgan fingerprint density at radius 2 is 2.00 bits per heavy atom. The first-order valence-electron chi connectivity index (χ1n) is 6.92. The van der Waals surface area contributed by atoms with Gasteiger partial charge in [0.1, 0.15) is 5.52 Å². The monoisotopic (exact) mass is 317 g/mol. The maximum Gasteiger partial charge on any atom is 0.176 e. The van der Waals surface area contributed by atoms with Gasteiger partial charge in [-0.1, -0.05) is 11.6 Å². The summed E-state index contributed by atoms with van der Waals surface area (Å²) in [5.41, 5.74) is 3.33. The van der Waals surface area contributed by atoms with Crippen LogP contribution in [-0.2, 0) is 13.1 Å². The maximum absolute atomic E-state index is 8.99. The molecule has 1 aromatic carbocycles. The van der Waals surface area contributed by atoms with Gasteiger partial charge in [-0.3, -0.25) is 0 Å². The van der Waals surface area contributed by atoms with Crippen molar-refractivity contribution in [1.82, 2.24) is 19.7 Å². The van der Waals surface area contributed by atoms with Crippen molar-refractivity contribution in [1.29, 1.82) is 0 Å². The lowest BCUT2D eigenvalue weighted by atomic mass is 10.3. The largest absolute Gasteiger partial charge is 0.394 e. The molecule has 3 rings (SSSR count). The maximum atomic E-state index is 8.99. The number of nitrogens with zero attached hydrogens (tertiary/aromatic N) is 5. The zero-order chi connectivity index (χ0) is 15.5. The summed E-state index contributed by atoms with van der Waals surface area (Å²) in [4.78, 5) is 11.0. The molecule has 0 amide bonds. The number of hydrogen-bond donors (Lipinski definition) is 1. The lowest BCUT2D eigenvalue weighted by Crippen LogP contribution is -2.17. The molecule has 0 atom stereocenters. The second-order valence-corrected chi connectivity index (χ2v) is 5.43. The van der Waals surface area contributed by atoms with Gasteiger partial charge >= 0.3 is 0 Å². The van der Waals surface area contributed by atoms with Crippen LogP contribution in [0.25, 0.3) is 11.2 Å². The normalized spacial score (nSPS) is 11.0. The zero-order valence-corrected chi connectivity index (χ0v) is 12.9. The number of aromatic nitrogens is 4. The molecule has 0 aliphatic heterocycles. The first-order valence-corrected chi connectivity index (χ1v) is 7.30. The summed E-state index contributed by atoms with van der Waals surface area (Å²) in [6.07, 6.45) is 3.41. The lowest BCUT2D eigenvalue weighted by Gasteiger charge is -2.18. The van der Waals surface area contributed by atoms with Crippen LogP contribution in [0.1, 0.15) is 5.69 Å². The first-order chi connectivity index (χ1) is 10.7. The number of anilines is 1. The van der Waals surface area contributed by atoms with Crippen LogP contribution in [0.5, 0.6) is 0 Å². The highest BCUT2D eigenvalue weighted by Gasteiger charge is 2.08. The predicted molar refractivity (Wildman–Crippen MR) is 86.0 cm³/mol. The van der Waals surface area contributed by atoms with Crippen molar-refractivity contribution >= 4 is 28.5 Å². The van der Waals surface area contributed by atoms with E-state index in [1.54, 1.807) is 17.1 Å². The molecule has 0 unspecified atom stereocenters. The molecule has 114 valence electrons. The quantitative estimate of drug-likeness (QED) is 0.780. The Bertz CT molecular complexity index is 771. The number of aliphatic hydroxyl groups excluding tert-OH is 1. The number of halogens is 1. The predicted octanol–water partition coefficient (Wildman–Crippen LogP) is 2.11. The second-order valence-electron chi connectivity index (χ2n) is 4.99. The highest BCUT2D eigenvalue weighted by atomic mass is 35.5. The van der Waals surface area contributed by atoms with Gasteiger partial charge in [0.05, 0.1) is 37.8 Å². The Morgan fingerprint density at radius 1 is 1.23 bits per heavy atom. The zero-order valence-electron chi connectivity index (χ0n) is 12.1. The third kappa shape index (κ3) is 3.03. The molecular weight excluding hydrogens is 302 g/mol. The topological polar surface area (TPSA) is 67.1 Å². The van der Waals surface area contributed by atoms with Gasteiger partial charge in [0.15, 0.2) is 5.65 Å². The molecule has 6 nitrogen and oxygen atoms in total. The van der Waals surface area contributed by atoms with E-state index < -0.39 is 0 Å². The molecule has 0 radical (unpaired) electrons. The van der Waals surface area contributed by atoms with Crippen molar-refractivity contribution in [3.8, 4) is 0 Å². The summed E-state index contributed by atoms with van der Waals surface area (Å²) in [7, 11) is 1.99. The second kappa shape index (κ2) is 6.29. The molecule has 2 heterocycles. The van der Waals surface area contributed by atoms with Gasteiger partial charge < -0.3 is 10.0 Å².